The van der Waals surface area contributed by atoms with E-state index in [9.17, 15) is 8.42 Å². The summed E-state index contributed by atoms with van der Waals surface area (Å²) in [5.74, 6) is 0.536. The minimum Gasteiger partial charge on any atom is -0.329 e. The molecule has 1 aliphatic carbocycles. The first-order valence-electron chi connectivity index (χ1n) is 7.89. The minimum absolute atomic E-state index is 0.0945. The molecule has 1 heterocycles. The maximum Gasteiger partial charge on any atom is 0.280 e. The Morgan fingerprint density at radius 2 is 2.00 bits per heavy atom. The molecule has 2 aliphatic rings. The molecular formula is C14H29N3O2S. The molecule has 0 bridgehead atoms. The highest BCUT2D eigenvalue weighted by Gasteiger charge is 2.40. The van der Waals surface area contributed by atoms with Crippen molar-refractivity contribution in [2.75, 3.05) is 13.1 Å². The van der Waals surface area contributed by atoms with E-state index < -0.39 is 15.7 Å². The zero-order valence-electron chi connectivity index (χ0n) is 12.8. The Morgan fingerprint density at radius 1 is 1.25 bits per heavy atom. The normalized spacial score (nSPS) is 37.0. The summed E-state index contributed by atoms with van der Waals surface area (Å²) in [6, 6.07) is 0.0945. The van der Waals surface area contributed by atoms with Crippen molar-refractivity contribution in [3.8, 4) is 0 Å². The monoisotopic (exact) mass is 303 g/mol. The van der Waals surface area contributed by atoms with Crippen LogP contribution in [0.3, 0.4) is 0 Å². The second-order valence-electron chi connectivity index (χ2n) is 6.75. The Kier molecular flexibility index (Phi) is 5.10. The van der Waals surface area contributed by atoms with Gasteiger partial charge in [-0.15, -0.1) is 0 Å². The number of hydrogen-bond acceptors (Lipinski definition) is 3. The predicted molar refractivity (Wildman–Crippen MR) is 81.5 cm³/mol. The van der Waals surface area contributed by atoms with Crippen LogP contribution in [-0.2, 0) is 10.2 Å². The molecule has 2 rings (SSSR count). The van der Waals surface area contributed by atoms with Gasteiger partial charge in [-0.05, 0) is 38.5 Å². The van der Waals surface area contributed by atoms with Crippen LogP contribution in [0.4, 0.5) is 0 Å². The highest BCUT2D eigenvalue weighted by atomic mass is 32.2. The molecule has 0 amide bonds. The highest BCUT2D eigenvalue weighted by molar-refractivity contribution is 7.87. The van der Waals surface area contributed by atoms with Crippen LogP contribution < -0.4 is 10.5 Å². The summed E-state index contributed by atoms with van der Waals surface area (Å²) < 4.78 is 30.0. The van der Waals surface area contributed by atoms with Crippen LogP contribution in [0.1, 0.15) is 58.8 Å². The molecule has 0 aromatic heterocycles. The number of rotatable bonds is 4. The van der Waals surface area contributed by atoms with E-state index in [-0.39, 0.29) is 6.04 Å². The second kappa shape index (κ2) is 6.30. The van der Waals surface area contributed by atoms with Crippen molar-refractivity contribution in [2.45, 2.75) is 70.4 Å². The summed E-state index contributed by atoms with van der Waals surface area (Å²) in [4.78, 5) is 0. The van der Waals surface area contributed by atoms with Gasteiger partial charge in [0.15, 0.2) is 0 Å². The van der Waals surface area contributed by atoms with Crippen LogP contribution in [0, 0.1) is 5.92 Å². The predicted octanol–water partition coefficient (Wildman–Crippen LogP) is 1.60. The van der Waals surface area contributed by atoms with Crippen LogP contribution in [0.2, 0.25) is 0 Å². The average Bonchev–Trinajstić information content (AvgIpc) is 2.38. The van der Waals surface area contributed by atoms with E-state index in [0.717, 1.165) is 38.5 Å². The number of hydrogen-bond donors (Lipinski definition) is 2. The van der Waals surface area contributed by atoms with E-state index in [1.165, 1.54) is 6.42 Å². The molecule has 6 heteroatoms. The first-order chi connectivity index (χ1) is 9.38. The fourth-order valence-corrected chi connectivity index (χ4v) is 5.62. The van der Waals surface area contributed by atoms with Crippen LogP contribution in [0.15, 0.2) is 0 Å². The lowest BCUT2D eigenvalue weighted by Crippen LogP contribution is -2.60. The quantitative estimate of drug-likeness (QED) is 0.828. The number of nitrogens with one attached hydrogen (secondary N) is 1. The van der Waals surface area contributed by atoms with Gasteiger partial charge >= 0.3 is 0 Å². The average molecular weight is 303 g/mol. The van der Waals surface area contributed by atoms with Gasteiger partial charge in [-0.2, -0.15) is 17.4 Å². The van der Waals surface area contributed by atoms with Crippen molar-refractivity contribution in [3.63, 3.8) is 0 Å². The second-order valence-corrected chi connectivity index (χ2v) is 8.37. The lowest BCUT2D eigenvalue weighted by molar-refractivity contribution is 0.208. The van der Waals surface area contributed by atoms with E-state index in [2.05, 4.69) is 11.6 Å². The minimum atomic E-state index is -3.42. The highest BCUT2D eigenvalue weighted by Crippen LogP contribution is 2.33. The molecule has 0 aromatic rings. The molecule has 1 aliphatic heterocycles. The molecule has 3 N–H and O–H groups in total. The molecule has 1 saturated heterocycles. The van der Waals surface area contributed by atoms with E-state index in [4.69, 9.17) is 5.73 Å². The van der Waals surface area contributed by atoms with Gasteiger partial charge in [0.2, 0.25) is 0 Å². The molecule has 1 saturated carbocycles. The Hall–Kier alpha value is -0.170. The number of nitrogens with zero attached hydrogens (tertiary/aromatic N) is 1. The van der Waals surface area contributed by atoms with Crippen molar-refractivity contribution in [1.82, 2.24) is 9.03 Å². The maximum absolute atomic E-state index is 12.7. The Balaban J connectivity index is 2.12. The first-order valence-corrected chi connectivity index (χ1v) is 9.33. The fourth-order valence-electron chi connectivity index (χ4n) is 3.74. The van der Waals surface area contributed by atoms with Crippen molar-refractivity contribution in [2.24, 2.45) is 11.7 Å². The zero-order valence-corrected chi connectivity index (χ0v) is 13.6. The van der Waals surface area contributed by atoms with Gasteiger partial charge in [-0.3, -0.25) is 0 Å². The van der Waals surface area contributed by atoms with Gasteiger partial charge in [0.25, 0.3) is 10.2 Å². The maximum atomic E-state index is 12.7. The summed E-state index contributed by atoms with van der Waals surface area (Å²) in [5, 5.41) is 0. The van der Waals surface area contributed by atoms with Crippen LogP contribution in [-0.4, -0.2) is 37.4 Å². The molecule has 3 atom stereocenters. The largest absolute Gasteiger partial charge is 0.329 e. The molecule has 0 spiro atoms. The van der Waals surface area contributed by atoms with Crippen LogP contribution in [0.25, 0.3) is 0 Å². The topological polar surface area (TPSA) is 75.4 Å². The molecule has 3 unspecified atom stereocenters. The number of nitrogens with two attached hydrogens (primary N) is 1. The fraction of sp³-hybridized carbons (Fsp3) is 1.00. The summed E-state index contributed by atoms with van der Waals surface area (Å²) in [6.45, 7) is 5.20. The summed E-state index contributed by atoms with van der Waals surface area (Å²) in [6.07, 6.45) is 6.96. The van der Waals surface area contributed by atoms with E-state index >= 15 is 0 Å². The zero-order chi connectivity index (χ0) is 14.8. The summed E-state index contributed by atoms with van der Waals surface area (Å²) in [7, 11) is -3.42. The van der Waals surface area contributed by atoms with Gasteiger partial charge in [0.05, 0.1) is 0 Å². The molecule has 5 nitrogen and oxygen atoms in total. The summed E-state index contributed by atoms with van der Waals surface area (Å²) >= 11 is 0. The first kappa shape index (κ1) is 16.2. The van der Waals surface area contributed by atoms with E-state index in [1.807, 2.05) is 6.92 Å². The molecule has 118 valence electrons. The van der Waals surface area contributed by atoms with Crippen molar-refractivity contribution >= 4 is 10.2 Å². The standard InChI is InChI=1S/C14H29N3O2S/c1-12-6-5-8-14(10-12,11-15)16-20(18,19)17-9-4-3-7-13(17)2/h12-13,16H,3-11,15H2,1-2H3. The van der Waals surface area contributed by atoms with Gasteiger partial charge in [0, 0.05) is 24.7 Å². The molecule has 20 heavy (non-hydrogen) atoms. The van der Waals surface area contributed by atoms with Gasteiger partial charge < -0.3 is 5.73 Å². The Morgan fingerprint density at radius 3 is 2.60 bits per heavy atom. The van der Waals surface area contributed by atoms with Gasteiger partial charge in [-0.25, -0.2) is 0 Å². The Bertz CT molecular complexity index is 426. The lowest BCUT2D eigenvalue weighted by atomic mass is 9.77. The van der Waals surface area contributed by atoms with Crippen molar-refractivity contribution < 1.29 is 8.42 Å². The SMILES string of the molecule is CC1CCCC(CN)(NS(=O)(=O)N2CCCCC2C)C1. The van der Waals surface area contributed by atoms with E-state index in [1.54, 1.807) is 4.31 Å². The van der Waals surface area contributed by atoms with Crippen LogP contribution in [0.5, 0.6) is 0 Å². The lowest BCUT2D eigenvalue weighted by Gasteiger charge is -2.42. The molecule has 0 radical (unpaired) electrons. The molecule has 2 fully saturated rings. The smallest absolute Gasteiger partial charge is 0.280 e. The van der Waals surface area contributed by atoms with Crippen LogP contribution >= 0.6 is 0 Å². The third-order valence-electron chi connectivity index (χ3n) is 4.88. The van der Waals surface area contributed by atoms with Crippen molar-refractivity contribution in [3.05, 3.63) is 0 Å². The number of piperidine rings is 1. The Labute approximate surface area is 123 Å². The van der Waals surface area contributed by atoms with Crippen molar-refractivity contribution in [1.29, 1.82) is 0 Å². The third kappa shape index (κ3) is 3.53. The van der Waals surface area contributed by atoms with Gasteiger partial charge in [-0.1, -0.05) is 26.2 Å². The molecular weight excluding hydrogens is 274 g/mol. The summed E-state index contributed by atoms with van der Waals surface area (Å²) in [5.41, 5.74) is 5.49. The van der Waals surface area contributed by atoms with E-state index in [0.29, 0.717) is 19.0 Å². The third-order valence-corrected chi connectivity index (χ3v) is 6.73. The molecule has 0 aromatic carbocycles. The van der Waals surface area contributed by atoms with Gasteiger partial charge in [0.1, 0.15) is 0 Å².